The van der Waals surface area contributed by atoms with Gasteiger partial charge in [0.1, 0.15) is 5.75 Å². The highest BCUT2D eigenvalue weighted by atomic mass is 16.7. The van der Waals surface area contributed by atoms with Crippen molar-refractivity contribution in [1.82, 2.24) is 5.06 Å². The highest BCUT2D eigenvalue weighted by molar-refractivity contribution is 5.86. The van der Waals surface area contributed by atoms with E-state index in [1.807, 2.05) is 24.3 Å². The molecule has 1 heterocycles. The quantitative estimate of drug-likeness (QED) is 0.416. The Morgan fingerprint density at radius 1 is 1.43 bits per heavy atom. The second-order valence-corrected chi connectivity index (χ2v) is 5.10. The van der Waals surface area contributed by atoms with Crippen LogP contribution in [0.1, 0.15) is 12.5 Å². The minimum absolute atomic E-state index is 0.166. The van der Waals surface area contributed by atoms with E-state index in [1.165, 1.54) is 0 Å². The van der Waals surface area contributed by atoms with E-state index in [-0.39, 0.29) is 6.10 Å². The van der Waals surface area contributed by atoms with Gasteiger partial charge in [-0.25, -0.2) is 4.79 Å². The second-order valence-electron chi connectivity index (χ2n) is 5.10. The fourth-order valence-corrected chi connectivity index (χ4v) is 1.82. The standard InChI is InChI=1S/C16H21NO4/c1-12(2)16(18)21-17(10-15-11-20-15)9-8-13-4-6-14(19-3)7-5-13/h4-7,15H,1,8-11H2,2-3H3. The number of epoxide rings is 1. The first kappa shape index (κ1) is 15.5. The molecular formula is C16H21NO4. The maximum Gasteiger partial charge on any atom is 0.352 e. The molecule has 0 aliphatic carbocycles. The summed E-state index contributed by atoms with van der Waals surface area (Å²) < 4.78 is 10.3. The lowest BCUT2D eigenvalue weighted by Crippen LogP contribution is -2.33. The van der Waals surface area contributed by atoms with Gasteiger partial charge < -0.3 is 14.3 Å². The van der Waals surface area contributed by atoms with Gasteiger partial charge in [-0.15, -0.1) is 5.06 Å². The lowest BCUT2D eigenvalue weighted by Gasteiger charge is -2.20. The van der Waals surface area contributed by atoms with Gasteiger partial charge in [-0.3, -0.25) is 0 Å². The second kappa shape index (κ2) is 7.24. The number of nitrogens with zero attached hydrogens (tertiary/aromatic N) is 1. The Labute approximate surface area is 125 Å². The van der Waals surface area contributed by atoms with Crippen LogP contribution in [0, 0.1) is 0 Å². The van der Waals surface area contributed by atoms with Crippen LogP contribution in [0.4, 0.5) is 0 Å². The average Bonchev–Trinajstić information content (AvgIpc) is 3.29. The number of carbonyl (C=O) groups excluding carboxylic acids is 1. The highest BCUT2D eigenvalue weighted by Gasteiger charge is 2.27. The van der Waals surface area contributed by atoms with Crippen LogP contribution in [0.25, 0.3) is 0 Å². The Kier molecular flexibility index (Phi) is 5.36. The summed E-state index contributed by atoms with van der Waals surface area (Å²) in [7, 11) is 1.64. The Hall–Kier alpha value is -1.85. The smallest absolute Gasteiger partial charge is 0.352 e. The third kappa shape index (κ3) is 5.21. The number of benzene rings is 1. The molecule has 1 atom stereocenters. The Balaban J connectivity index is 1.87. The molecule has 0 saturated carbocycles. The van der Waals surface area contributed by atoms with Crippen LogP contribution < -0.4 is 4.74 Å². The van der Waals surface area contributed by atoms with Crippen LogP contribution >= 0.6 is 0 Å². The van der Waals surface area contributed by atoms with Crippen molar-refractivity contribution in [2.45, 2.75) is 19.4 Å². The fourth-order valence-electron chi connectivity index (χ4n) is 1.82. The number of hydrogen-bond donors (Lipinski definition) is 0. The first-order chi connectivity index (χ1) is 10.1. The molecule has 0 amide bonds. The zero-order valence-corrected chi connectivity index (χ0v) is 12.5. The van der Waals surface area contributed by atoms with Crippen molar-refractivity contribution < 1.29 is 19.1 Å². The molecular weight excluding hydrogens is 270 g/mol. The van der Waals surface area contributed by atoms with Gasteiger partial charge >= 0.3 is 5.97 Å². The van der Waals surface area contributed by atoms with E-state index in [0.717, 1.165) is 24.3 Å². The summed E-state index contributed by atoms with van der Waals surface area (Å²) in [6.07, 6.45) is 0.944. The van der Waals surface area contributed by atoms with Gasteiger partial charge in [-0.1, -0.05) is 18.7 Å². The van der Waals surface area contributed by atoms with Gasteiger partial charge in [0.15, 0.2) is 0 Å². The van der Waals surface area contributed by atoms with E-state index in [1.54, 1.807) is 19.1 Å². The molecule has 5 nitrogen and oxygen atoms in total. The zero-order valence-electron chi connectivity index (χ0n) is 12.5. The summed E-state index contributed by atoms with van der Waals surface area (Å²) in [6, 6.07) is 7.85. The summed E-state index contributed by atoms with van der Waals surface area (Å²) in [5, 5.41) is 1.65. The summed E-state index contributed by atoms with van der Waals surface area (Å²) in [6.45, 7) is 7.16. The van der Waals surface area contributed by atoms with Crippen molar-refractivity contribution in [2.24, 2.45) is 0 Å². The topological polar surface area (TPSA) is 51.3 Å². The molecule has 0 aromatic heterocycles. The maximum atomic E-state index is 11.6. The predicted molar refractivity (Wildman–Crippen MR) is 78.9 cm³/mol. The highest BCUT2D eigenvalue weighted by Crippen LogP contribution is 2.15. The minimum atomic E-state index is -0.398. The van der Waals surface area contributed by atoms with Crippen LogP contribution in [-0.4, -0.2) is 43.9 Å². The molecule has 2 rings (SSSR count). The lowest BCUT2D eigenvalue weighted by atomic mass is 10.1. The van der Waals surface area contributed by atoms with Crippen LogP contribution in [0.5, 0.6) is 5.75 Å². The number of hydroxylamine groups is 2. The molecule has 1 aromatic carbocycles. The van der Waals surface area contributed by atoms with Gasteiger partial charge in [-0.2, -0.15) is 0 Å². The lowest BCUT2D eigenvalue weighted by molar-refractivity contribution is -0.186. The SMILES string of the molecule is C=C(C)C(=O)ON(CCc1ccc(OC)cc1)CC1CO1. The summed E-state index contributed by atoms with van der Waals surface area (Å²) >= 11 is 0. The van der Waals surface area contributed by atoms with Crippen molar-refractivity contribution in [2.75, 3.05) is 26.8 Å². The molecule has 0 radical (unpaired) electrons. The number of carbonyl (C=O) groups is 1. The molecule has 114 valence electrons. The molecule has 1 aliphatic rings. The van der Waals surface area contributed by atoms with Crippen LogP contribution in [0.15, 0.2) is 36.4 Å². The first-order valence-electron chi connectivity index (χ1n) is 6.95. The third-order valence-electron chi connectivity index (χ3n) is 3.18. The molecule has 21 heavy (non-hydrogen) atoms. The van der Waals surface area contributed by atoms with Crippen molar-refractivity contribution in [3.8, 4) is 5.75 Å². The Morgan fingerprint density at radius 2 is 2.10 bits per heavy atom. The van der Waals surface area contributed by atoms with Crippen LogP contribution in [-0.2, 0) is 20.8 Å². The Morgan fingerprint density at radius 3 is 2.62 bits per heavy atom. The molecule has 0 spiro atoms. The normalized spacial score (nSPS) is 16.6. The largest absolute Gasteiger partial charge is 0.497 e. The molecule has 5 heteroatoms. The number of rotatable bonds is 8. The van der Waals surface area contributed by atoms with Gasteiger partial charge in [0, 0.05) is 12.1 Å². The van der Waals surface area contributed by atoms with Crippen molar-refractivity contribution in [3.05, 3.63) is 42.0 Å². The molecule has 1 unspecified atom stereocenters. The summed E-state index contributed by atoms with van der Waals surface area (Å²) in [4.78, 5) is 16.9. The average molecular weight is 291 g/mol. The van der Waals surface area contributed by atoms with Crippen molar-refractivity contribution in [3.63, 3.8) is 0 Å². The van der Waals surface area contributed by atoms with E-state index >= 15 is 0 Å². The Bertz CT molecular complexity index is 494. The van der Waals surface area contributed by atoms with E-state index < -0.39 is 5.97 Å². The zero-order chi connectivity index (χ0) is 15.2. The number of methoxy groups -OCH3 is 1. The maximum absolute atomic E-state index is 11.6. The summed E-state index contributed by atoms with van der Waals surface area (Å²) in [5.41, 5.74) is 1.55. The first-order valence-corrected chi connectivity index (χ1v) is 6.95. The molecule has 1 aromatic rings. The minimum Gasteiger partial charge on any atom is -0.497 e. The van der Waals surface area contributed by atoms with Gasteiger partial charge in [0.2, 0.25) is 0 Å². The van der Waals surface area contributed by atoms with Crippen molar-refractivity contribution >= 4 is 5.97 Å². The number of ether oxygens (including phenoxy) is 2. The van der Waals surface area contributed by atoms with E-state index in [4.69, 9.17) is 14.3 Å². The van der Waals surface area contributed by atoms with E-state index in [2.05, 4.69) is 6.58 Å². The molecule has 1 fully saturated rings. The molecule has 1 aliphatic heterocycles. The van der Waals surface area contributed by atoms with Gasteiger partial charge in [-0.05, 0) is 31.0 Å². The molecule has 0 N–H and O–H groups in total. The monoisotopic (exact) mass is 291 g/mol. The number of hydrogen-bond acceptors (Lipinski definition) is 5. The molecule has 0 bridgehead atoms. The predicted octanol–water partition coefficient (Wildman–Crippen LogP) is 1.97. The van der Waals surface area contributed by atoms with E-state index in [9.17, 15) is 4.79 Å². The van der Waals surface area contributed by atoms with E-state index in [0.29, 0.717) is 18.7 Å². The third-order valence-corrected chi connectivity index (χ3v) is 3.18. The molecule has 1 saturated heterocycles. The fraction of sp³-hybridized carbons (Fsp3) is 0.438. The van der Waals surface area contributed by atoms with Gasteiger partial charge in [0.05, 0.1) is 26.4 Å². The van der Waals surface area contributed by atoms with Crippen molar-refractivity contribution in [1.29, 1.82) is 0 Å². The van der Waals surface area contributed by atoms with Crippen LogP contribution in [0.3, 0.4) is 0 Å². The summed E-state index contributed by atoms with van der Waals surface area (Å²) in [5.74, 6) is 0.432. The van der Waals surface area contributed by atoms with Gasteiger partial charge in [0.25, 0.3) is 0 Å². The van der Waals surface area contributed by atoms with Crippen LogP contribution in [0.2, 0.25) is 0 Å².